The molecule has 2 saturated heterocycles. The van der Waals surface area contributed by atoms with Gasteiger partial charge < -0.3 is 14.6 Å². The molecular formula is C28H28FN3O2. The van der Waals surface area contributed by atoms with Gasteiger partial charge in [0.1, 0.15) is 11.4 Å². The van der Waals surface area contributed by atoms with Gasteiger partial charge in [0.05, 0.1) is 6.54 Å². The number of carbonyl (C=O) groups is 1. The fourth-order valence-electron chi connectivity index (χ4n) is 5.53. The molecule has 6 heteroatoms. The molecule has 1 N–H and O–H groups in total. The van der Waals surface area contributed by atoms with Crippen molar-refractivity contribution in [3.8, 4) is 0 Å². The Morgan fingerprint density at radius 3 is 2.68 bits per heavy atom. The molecule has 2 fully saturated rings. The Morgan fingerprint density at radius 1 is 0.971 bits per heavy atom. The average Bonchev–Trinajstić information content (AvgIpc) is 3.39. The second-order valence-corrected chi connectivity index (χ2v) is 9.64. The molecule has 0 atom stereocenters. The summed E-state index contributed by atoms with van der Waals surface area (Å²) in [5.41, 5.74) is 2.88. The highest BCUT2D eigenvalue weighted by Crippen LogP contribution is 2.35. The van der Waals surface area contributed by atoms with Gasteiger partial charge in [0.15, 0.2) is 0 Å². The lowest BCUT2D eigenvalue weighted by molar-refractivity contribution is 0.00102. The molecule has 6 rings (SSSR count). The lowest BCUT2D eigenvalue weighted by Gasteiger charge is -2.37. The molecule has 34 heavy (non-hydrogen) atoms. The van der Waals surface area contributed by atoms with Crippen molar-refractivity contribution in [3.63, 3.8) is 0 Å². The van der Waals surface area contributed by atoms with Crippen LogP contribution >= 0.6 is 0 Å². The summed E-state index contributed by atoms with van der Waals surface area (Å²) >= 11 is 0. The molecule has 0 bridgehead atoms. The van der Waals surface area contributed by atoms with Gasteiger partial charge in [-0.25, -0.2) is 9.18 Å². The molecule has 1 aromatic heterocycles. The zero-order valence-corrected chi connectivity index (χ0v) is 19.1. The molecule has 5 nitrogen and oxygen atoms in total. The summed E-state index contributed by atoms with van der Waals surface area (Å²) in [5, 5.41) is 3.33. The van der Waals surface area contributed by atoms with E-state index in [1.807, 2.05) is 23.2 Å². The van der Waals surface area contributed by atoms with E-state index >= 15 is 0 Å². The van der Waals surface area contributed by atoms with E-state index in [1.165, 1.54) is 16.8 Å². The Kier molecular flexibility index (Phi) is 5.26. The van der Waals surface area contributed by atoms with Crippen molar-refractivity contribution in [2.24, 2.45) is 0 Å². The molecule has 0 radical (unpaired) electrons. The van der Waals surface area contributed by atoms with Crippen molar-refractivity contribution in [1.82, 2.24) is 14.8 Å². The maximum absolute atomic E-state index is 13.7. The maximum atomic E-state index is 13.7. The predicted molar refractivity (Wildman–Crippen MR) is 131 cm³/mol. The third-order valence-electron chi connectivity index (χ3n) is 7.48. The summed E-state index contributed by atoms with van der Waals surface area (Å²) in [5.74, 6) is -0.204. The molecule has 3 aromatic carbocycles. The summed E-state index contributed by atoms with van der Waals surface area (Å²) in [6.45, 7) is 3.92. The van der Waals surface area contributed by atoms with Gasteiger partial charge in [0.2, 0.25) is 0 Å². The summed E-state index contributed by atoms with van der Waals surface area (Å²) in [6.07, 6.45) is 4.32. The van der Waals surface area contributed by atoms with Crippen molar-refractivity contribution < 1.29 is 13.9 Å². The van der Waals surface area contributed by atoms with Gasteiger partial charge in [-0.15, -0.1) is 0 Å². The molecule has 0 aliphatic carbocycles. The van der Waals surface area contributed by atoms with E-state index in [2.05, 4.69) is 40.2 Å². The Bertz CT molecular complexity index is 1350. The number of hydrogen-bond acceptors (Lipinski definition) is 3. The highest BCUT2D eigenvalue weighted by molar-refractivity contribution is 5.86. The molecule has 174 valence electrons. The fourth-order valence-corrected chi connectivity index (χ4v) is 5.53. The Morgan fingerprint density at radius 2 is 1.79 bits per heavy atom. The van der Waals surface area contributed by atoms with Crippen LogP contribution in [0.25, 0.3) is 21.7 Å². The molecule has 4 aromatic rings. The monoisotopic (exact) mass is 457 g/mol. The van der Waals surface area contributed by atoms with Crippen molar-refractivity contribution in [1.29, 1.82) is 0 Å². The maximum Gasteiger partial charge on any atom is 0.410 e. The quantitative estimate of drug-likeness (QED) is 0.431. The second kappa shape index (κ2) is 8.44. The molecule has 2 aliphatic heterocycles. The first-order chi connectivity index (χ1) is 16.6. The zero-order chi connectivity index (χ0) is 23.1. The van der Waals surface area contributed by atoms with Gasteiger partial charge in [-0.2, -0.15) is 0 Å². The van der Waals surface area contributed by atoms with Crippen LogP contribution in [0.1, 0.15) is 24.0 Å². The van der Waals surface area contributed by atoms with Crippen LogP contribution in [0.15, 0.2) is 66.9 Å². The Labute approximate surface area is 198 Å². The smallest absolute Gasteiger partial charge is 0.410 e. The number of benzene rings is 3. The van der Waals surface area contributed by atoms with E-state index in [0.717, 1.165) is 60.9 Å². The number of aromatic nitrogens is 1. The highest BCUT2D eigenvalue weighted by Gasteiger charge is 2.46. The number of carbonyl (C=O) groups excluding carboxylic acids is 1. The number of amides is 1. The van der Waals surface area contributed by atoms with Crippen LogP contribution in [0.5, 0.6) is 0 Å². The fraction of sp³-hybridized carbons (Fsp3) is 0.321. The number of H-pyrrole nitrogens is 1. The number of aromatic amines is 1. The van der Waals surface area contributed by atoms with E-state index in [4.69, 9.17) is 4.74 Å². The van der Waals surface area contributed by atoms with E-state index in [0.29, 0.717) is 13.1 Å². The number of rotatable bonds is 5. The molecule has 0 saturated carbocycles. The van der Waals surface area contributed by atoms with Crippen molar-refractivity contribution in [2.45, 2.75) is 31.4 Å². The van der Waals surface area contributed by atoms with Gasteiger partial charge in [-0.05, 0) is 46.5 Å². The number of nitrogens with one attached hydrogen (secondary N) is 1. The van der Waals surface area contributed by atoms with Gasteiger partial charge >= 0.3 is 6.09 Å². The van der Waals surface area contributed by atoms with Crippen LogP contribution in [0, 0.1) is 5.82 Å². The first kappa shape index (κ1) is 21.2. The normalized spacial score (nSPS) is 18.3. The summed E-state index contributed by atoms with van der Waals surface area (Å²) in [7, 11) is 0. The second-order valence-electron chi connectivity index (χ2n) is 9.64. The van der Waals surface area contributed by atoms with Crippen LogP contribution < -0.4 is 0 Å². The minimum atomic E-state index is -0.387. The van der Waals surface area contributed by atoms with E-state index in [-0.39, 0.29) is 17.5 Å². The molecule has 2 aliphatic rings. The minimum absolute atomic E-state index is 0.204. The van der Waals surface area contributed by atoms with Gasteiger partial charge in [-0.1, -0.05) is 42.5 Å². The molecule has 1 amide bonds. The number of likely N-dealkylation sites (tertiary alicyclic amines) is 1. The Hall–Kier alpha value is -3.38. The van der Waals surface area contributed by atoms with Gasteiger partial charge in [0, 0.05) is 56.1 Å². The SMILES string of the molecule is O=C1OC2(CCN(CCc3c[nH]c4ccc(F)cc34)CC2)CN1Cc1cccc2ccccc12. The summed E-state index contributed by atoms with van der Waals surface area (Å²) in [4.78, 5) is 20.3. The molecule has 0 unspecified atom stereocenters. The largest absolute Gasteiger partial charge is 0.441 e. The topological polar surface area (TPSA) is 48.6 Å². The van der Waals surface area contributed by atoms with E-state index in [1.54, 1.807) is 12.1 Å². The van der Waals surface area contributed by atoms with Crippen LogP contribution in [0.3, 0.4) is 0 Å². The van der Waals surface area contributed by atoms with Crippen molar-refractivity contribution >= 4 is 27.8 Å². The van der Waals surface area contributed by atoms with Gasteiger partial charge in [0.25, 0.3) is 0 Å². The van der Waals surface area contributed by atoms with Crippen LogP contribution in [0.2, 0.25) is 0 Å². The number of nitrogens with zero attached hydrogens (tertiary/aromatic N) is 2. The zero-order valence-electron chi connectivity index (χ0n) is 19.1. The van der Waals surface area contributed by atoms with E-state index in [9.17, 15) is 9.18 Å². The summed E-state index contributed by atoms with van der Waals surface area (Å²) < 4.78 is 19.6. The predicted octanol–water partition coefficient (Wildman–Crippen LogP) is 5.49. The number of ether oxygens (including phenoxy) is 1. The number of halogens is 1. The standard InChI is InChI=1S/C28H28FN3O2/c29-23-8-9-26-25(16-23)21(17-30-26)10-13-31-14-11-28(12-15-31)19-32(27(33)34-28)18-22-6-3-5-20-4-1-2-7-24(20)22/h1-9,16-17,30H,10-15,18-19H2. The molecule has 3 heterocycles. The number of piperidine rings is 1. The minimum Gasteiger partial charge on any atom is -0.441 e. The van der Waals surface area contributed by atoms with Crippen LogP contribution in [0.4, 0.5) is 9.18 Å². The molecule has 1 spiro atoms. The molecular weight excluding hydrogens is 429 g/mol. The van der Waals surface area contributed by atoms with Crippen molar-refractivity contribution in [3.05, 3.63) is 83.8 Å². The lowest BCUT2D eigenvalue weighted by atomic mass is 9.91. The first-order valence-corrected chi connectivity index (χ1v) is 12.0. The third-order valence-corrected chi connectivity index (χ3v) is 7.48. The highest BCUT2D eigenvalue weighted by atomic mass is 19.1. The number of hydrogen-bond donors (Lipinski definition) is 1. The average molecular weight is 458 g/mol. The summed E-state index contributed by atoms with van der Waals surface area (Å²) in [6, 6.07) is 19.4. The van der Waals surface area contributed by atoms with E-state index < -0.39 is 0 Å². The van der Waals surface area contributed by atoms with Crippen LogP contribution in [-0.2, 0) is 17.7 Å². The lowest BCUT2D eigenvalue weighted by Crippen LogP contribution is -2.47. The number of fused-ring (bicyclic) bond motifs is 2. The first-order valence-electron chi connectivity index (χ1n) is 12.0. The third kappa shape index (κ3) is 3.92. The Balaban J connectivity index is 1.08. The van der Waals surface area contributed by atoms with Crippen LogP contribution in [-0.4, -0.2) is 52.7 Å². The van der Waals surface area contributed by atoms with Gasteiger partial charge in [-0.3, -0.25) is 4.90 Å². The van der Waals surface area contributed by atoms with Crippen molar-refractivity contribution in [2.75, 3.05) is 26.2 Å².